The molecule has 1 aliphatic heterocycles. The Hall–Kier alpha value is -1.12. The Bertz CT molecular complexity index is 410. The van der Waals surface area contributed by atoms with Crippen LogP contribution in [0.25, 0.3) is 0 Å². The van der Waals surface area contributed by atoms with Crippen molar-refractivity contribution in [2.75, 3.05) is 18.6 Å². The van der Waals surface area contributed by atoms with Crippen molar-refractivity contribution in [1.29, 1.82) is 0 Å². The summed E-state index contributed by atoms with van der Waals surface area (Å²) in [5.41, 5.74) is 0. The van der Waals surface area contributed by atoms with Gasteiger partial charge in [-0.1, -0.05) is 0 Å². The van der Waals surface area contributed by atoms with E-state index in [0.29, 0.717) is 18.7 Å². The number of carbonyl (C=O) groups excluding carboxylic acids is 2. The van der Waals surface area contributed by atoms with Crippen LogP contribution in [0.4, 0.5) is 0 Å². The number of carboxylic acid groups (broad SMARTS) is 1. The smallest absolute Gasteiger partial charge is 0.326 e. The van der Waals surface area contributed by atoms with Crippen LogP contribution in [-0.2, 0) is 14.4 Å². The van der Waals surface area contributed by atoms with Crippen molar-refractivity contribution in [1.82, 2.24) is 10.2 Å². The number of imide groups is 1. The first-order chi connectivity index (χ1) is 10.4. The van der Waals surface area contributed by atoms with Gasteiger partial charge in [0.2, 0.25) is 11.8 Å². The van der Waals surface area contributed by atoms with Crippen LogP contribution in [0.15, 0.2) is 0 Å². The minimum absolute atomic E-state index is 0.195. The second kappa shape index (κ2) is 9.12. The van der Waals surface area contributed by atoms with E-state index in [4.69, 9.17) is 0 Å². The van der Waals surface area contributed by atoms with E-state index >= 15 is 0 Å². The summed E-state index contributed by atoms with van der Waals surface area (Å²) in [5, 5.41) is 21.8. The van der Waals surface area contributed by atoms with Crippen LogP contribution in [0.1, 0.15) is 32.6 Å². The minimum Gasteiger partial charge on any atom is -0.480 e. The molecule has 1 saturated heterocycles. The van der Waals surface area contributed by atoms with E-state index < -0.39 is 36.0 Å². The molecule has 126 valence electrons. The average molecular weight is 332 g/mol. The predicted octanol–water partition coefficient (Wildman–Crippen LogP) is 0.0708. The predicted molar refractivity (Wildman–Crippen MR) is 83.6 cm³/mol. The lowest BCUT2D eigenvalue weighted by Gasteiger charge is -2.30. The maximum absolute atomic E-state index is 12.6. The molecule has 1 fully saturated rings. The molecule has 3 N–H and O–H groups in total. The molecule has 0 aromatic rings. The number of nitrogens with zero attached hydrogens (tertiary/aromatic N) is 1. The van der Waals surface area contributed by atoms with E-state index in [0.717, 1.165) is 11.3 Å². The first-order valence-electron chi connectivity index (χ1n) is 7.37. The first-order valence-corrected chi connectivity index (χ1v) is 8.77. The number of carboxylic acids is 1. The fourth-order valence-electron chi connectivity index (χ4n) is 2.46. The highest BCUT2D eigenvalue weighted by Crippen LogP contribution is 2.17. The highest BCUT2D eigenvalue weighted by molar-refractivity contribution is 7.98. The molecule has 7 nitrogen and oxygen atoms in total. The lowest BCUT2D eigenvalue weighted by molar-refractivity contribution is -0.159. The number of aliphatic carboxylic acids is 1. The Morgan fingerprint density at radius 1 is 1.41 bits per heavy atom. The number of aliphatic hydroxyl groups excluding tert-OH is 1. The molecule has 3 atom stereocenters. The lowest BCUT2D eigenvalue weighted by atomic mass is 10.1. The number of rotatable bonds is 8. The number of hydrogen-bond acceptors (Lipinski definition) is 6. The van der Waals surface area contributed by atoms with Crippen LogP contribution in [0.5, 0.6) is 0 Å². The van der Waals surface area contributed by atoms with E-state index in [2.05, 4.69) is 5.32 Å². The summed E-state index contributed by atoms with van der Waals surface area (Å²) < 4.78 is 0. The number of hydrogen-bond donors (Lipinski definition) is 3. The maximum Gasteiger partial charge on any atom is 0.326 e. The monoisotopic (exact) mass is 332 g/mol. The van der Waals surface area contributed by atoms with Gasteiger partial charge in [0.05, 0.1) is 18.6 Å². The highest BCUT2D eigenvalue weighted by atomic mass is 32.2. The van der Waals surface area contributed by atoms with Crippen molar-refractivity contribution in [3.8, 4) is 0 Å². The second-order valence-electron chi connectivity index (χ2n) is 5.44. The van der Waals surface area contributed by atoms with Crippen LogP contribution >= 0.6 is 11.8 Å². The Morgan fingerprint density at radius 3 is 2.55 bits per heavy atom. The fourth-order valence-corrected chi connectivity index (χ4v) is 2.92. The summed E-state index contributed by atoms with van der Waals surface area (Å²) in [6.45, 7) is 2.11. The van der Waals surface area contributed by atoms with Gasteiger partial charge in [-0.05, 0) is 44.7 Å². The van der Waals surface area contributed by atoms with E-state index in [1.54, 1.807) is 0 Å². The molecule has 22 heavy (non-hydrogen) atoms. The summed E-state index contributed by atoms with van der Waals surface area (Å²) in [7, 11) is 0. The third kappa shape index (κ3) is 5.26. The van der Waals surface area contributed by atoms with Gasteiger partial charge in [-0.25, -0.2) is 4.79 Å². The molecule has 0 bridgehead atoms. The quantitative estimate of drug-likeness (QED) is 0.577. The van der Waals surface area contributed by atoms with Gasteiger partial charge in [-0.3, -0.25) is 14.5 Å². The van der Waals surface area contributed by atoms with Crippen molar-refractivity contribution >= 4 is 29.5 Å². The molecule has 1 aliphatic rings. The van der Waals surface area contributed by atoms with Gasteiger partial charge in [0, 0.05) is 0 Å². The van der Waals surface area contributed by atoms with E-state index in [9.17, 15) is 24.6 Å². The molecular formula is C14H24N2O5S. The third-order valence-electron chi connectivity index (χ3n) is 3.53. The maximum atomic E-state index is 12.6. The third-order valence-corrected chi connectivity index (χ3v) is 4.17. The zero-order valence-electron chi connectivity index (χ0n) is 12.9. The minimum atomic E-state index is -1.20. The largest absolute Gasteiger partial charge is 0.480 e. The molecule has 2 amide bonds. The van der Waals surface area contributed by atoms with Crippen LogP contribution in [0, 0.1) is 0 Å². The summed E-state index contributed by atoms with van der Waals surface area (Å²) >= 11 is 1.46. The van der Waals surface area contributed by atoms with Crippen LogP contribution in [0.3, 0.4) is 0 Å². The Morgan fingerprint density at radius 2 is 2.09 bits per heavy atom. The number of aliphatic hydroxyl groups is 1. The van der Waals surface area contributed by atoms with E-state index in [1.807, 2.05) is 6.26 Å². The Kier molecular flexibility index (Phi) is 7.84. The Labute approximate surface area is 134 Å². The molecule has 0 saturated carbocycles. The Balaban J connectivity index is 2.98. The van der Waals surface area contributed by atoms with Crippen molar-refractivity contribution in [3.63, 3.8) is 0 Å². The number of amides is 2. The van der Waals surface area contributed by atoms with Crippen LogP contribution in [0.2, 0.25) is 0 Å². The van der Waals surface area contributed by atoms with Gasteiger partial charge in [-0.15, -0.1) is 0 Å². The normalized spacial score (nSPS) is 20.4. The van der Waals surface area contributed by atoms with Crippen LogP contribution in [-0.4, -0.2) is 69.6 Å². The molecule has 0 aromatic carbocycles. The molecule has 0 spiro atoms. The first kappa shape index (κ1) is 18.9. The summed E-state index contributed by atoms with van der Waals surface area (Å²) in [5.74, 6) is -1.81. The van der Waals surface area contributed by atoms with Crippen molar-refractivity contribution in [2.24, 2.45) is 0 Å². The van der Waals surface area contributed by atoms with E-state index in [-0.39, 0.29) is 12.8 Å². The van der Waals surface area contributed by atoms with Gasteiger partial charge in [0.15, 0.2) is 0 Å². The number of thioether (sulfide) groups is 1. The zero-order chi connectivity index (χ0) is 16.7. The van der Waals surface area contributed by atoms with Crippen LogP contribution < -0.4 is 5.32 Å². The molecule has 3 unspecified atom stereocenters. The topological polar surface area (TPSA) is 107 Å². The molecule has 8 heteroatoms. The molecule has 0 aromatic heterocycles. The van der Waals surface area contributed by atoms with Gasteiger partial charge in [0.25, 0.3) is 0 Å². The summed E-state index contributed by atoms with van der Waals surface area (Å²) in [6.07, 6.45) is 2.25. The highest BCUT2D eigenvalue weighted by Gasteiger charge is 2.38. The molecule has 1 heterocycles. The number of carbonyl (C=O) groups is 3. The van der Waals surface area contributed by atoms with Gasteiger partial charge in [0.1, 0.15) is 6.04 Å². The van der Waals surface area contributed by atoms with Crippen molar-refractivity contribution < 1.29 is 24.6 Å². The number of nitrogens with one attached hydrogen (secondary N) is 1. The zero-order valence-corrected chi connectivity index (χ0v) is 13.8. The summed E-state index contributed by atoms with van der Waals surface area (Å²) in [4.78, 5) is 37.2. The van der Waals surface area contributed by atoms with Gasteiger partial charge in [-0.2, -0.15) is 11.8 Å². The average Bonchev–Trinajstić information content (AvgIpc) is 2.95. The fraction of sp³-hybridized carbons (Fsp3) is 0.786. The second-order valence-corrected chi connectivity index (χ2v) is 6.43. The molecular weight excluding hydrogens is 308 g/mol. The molecule has 1 rings (SSSR count). The SMILES string of the molecule is CSCCC(C(=O)O)N(C(=O)CC(C)O)C(=O)C1CCCN1. The standard InChI is InChI=1S/C14H24N2O5S/c1-9(17)8-12(18)16(11(14(20)21)5-7-22-2)13(19)10-4-3-6-15-10/h9-11,15,17H,3-8H2,1-2H3,(H,20,21). The van der Waals surface area contributed by atoms with Gasteiger partial charge >= 0.3 is 5.97 Å². The van der Waals surface area contributed by atoms with Gasteiger partial charge < -0.3 is 15.5 Å². The van der Waals surface area contributed by atoms with Crippen molar-refractivity contribution in [2.45, 2.75) is 50.8 Å². The van der Waals surface area contributed by atoms with E-state index in [1.165, 1.54) is 18.7 Å². The molecule has 0 aliphatic carbocycles. The molecule has 0 radical (unpaired) electrons. The lowest BCUT2D eigenvalue weighted by Crippen LogP contribution is -2.54. The summed E-state index contributed by atoms with van der Waals surface area (Å²) in [6, 6.07) is -1.71. The van der Waals surface area contributed by atoms with Crippen molar-refractivity contribution in [3.05, 3.63) is 0 Å².